The Kier molecular flexibility index (Phi) is 4.31. The van der Waals surface area contributed by atoms with Gasteiger partial charge in [0.15, 0.2) is 0 Å². The van der Waals surface area contributed by atoms with Crippen molar-refractivity contribution in [3.63, 3.8) is 0 Å². The number of hydrogen-bond acceptors (Lipinski definition) is 5. The predicted molar refractivity (Wildman–Crippen MR) is 82.6 cm³/mol. The Bertz CT molecular complexity index is 687. The summed E-state index contributed by atoms with van der Waals surface area (Å²) in [5.41, 5.74) is 1.73. The lowest BCUT2D eigenvalue weighted by Gasteiger charge is -2.22. The number of nitrogens with zero attached hydrogens (tertiary/aromatic N) is 3. The molecule has 2 aromatic rings. The molecule has 1 aromatic heterocycles. The highest BCUT2D eigenvalue weighted by Crippen LogP contribution is 2.27. The average Bonchev–Trinajstić information content (AvgIpc) is 3.17. The molecule has 0 radical (unpaired) electrons. The molecule has 2 N–H and O–H groups in total. The number of aliphatic carboxylic acids is 1. The van der Waals surface area contributed by atoms with Gasteiger partial charge in [-0.05, 0) is 24.3 Å². The number of carbonyl (C=O) groups is 1. The molecule has 122 valence electrons. The van der Waals surface area contributed by atoms with Gasteiger partial charge in [-0.15, -0.1) is 0 Å². The van der Waals surface area contributed by atoms with Crippen LogP contribution in [0.4, 0.5) is 0 Å². The Morgan fingerprint density at radius 3 is 2.96 bits per heavy atom. The third-order valence-corrected chi connectivity index (χ3v) is 4.07. The maximum atomic E-state index is 11.4. The molecule has 3 rings (SSSR count). The molecule has 0 bridgehead atoms. The van der Waals surface area contributed by atoms with Crippen LogP contribution in [-0.4, -0.2) is 56.7 Å². The van der Waals surface area contributed by atoms with Crippen LogP contribution in [0, 0.1) is 0 Å². The molecule has 0 saturated carbocycles. The van der Waals surface area contributed by atoms with E-state index >= 15 is 0 Å². The first-order valence-corrected chi connectivity index (χ1v) is 7.40. The van der Waals surface area contributed by atoms with E-state index in [1.165, 1.54) is 0 Å². The van der Waals surface area contributed by atoms with Gasteiger partial charge in [0.25, 0.3) is 0 Å². The van der Waals surface area contributed by atoms with Crippen LogP contribution in [0.25, 0.3) is 5.69 Å². The van der Waals surface area contributed by atoms with E-state index < -0.39 is 18.1 Å². The van der Waals surface area contributed by atoms with Gasteiger partial charge in [-0.25, -0.2) is 4.68 Å². The summed E-state index contributed by atoms with van der Waals surface area (Å²) >= 11 is 0. The Labute approximate surface area is 133 Å². The second-order valence-electron chi connectivity index (χ2n) is 5.62. The molecule has 23 heavy (non-hydrogen) atoms. The minimum absolute atomic E-state index is 0.247. The molecule has 2 heterocycles. The van der Waals surface area contributed by atoms with Crippen molar-refractivity contribution >= 4 is 5.97 Å². The van der Waals surface area contributed by atoms with Crippen LogP contribution in [0.5, 0.6) is 5.75 Å². The van der Waals surface area contributed by atoms with Crippen LogP contribution in [0.2, 0.25) is 0 Å². The summed E-state index contributed by atoms with van der Waals surface area (Å²) in [6.45, 7) is 0.735. The maximum absolute atomic E-state index is 11.4. The summed E-state index contributed by atoms with van der Waals surface area (Å²) in [6, 6.07) is 6.82. The Morgan fingerprint density at radius 2 is 2.30 bits per heavy atom. The summed E-state index contributed by atoms with van der Waals surface area (Å²) < 4.78 is 7.12. The first kappa shape index (κ1) is 15.5. The first-order valence-electron chi connectivity index (χ1n) is 7.40. The topological polar surface area (TPSA) is 87.8 Å². The molecule has 7 nitrogen and oxygen atoms in total. The van der Waals surface area contributed by atoms with Gasteiger partial charge < -0.3 is 14.9 Å². The van der Waals surface area contributed by atoms with E-state index in [2.05, 4.69) is 5.10 Å². The minimum atomic E-state index is -0.913. The van der Waals surface area contributed by atoms with Gasteiger partial charge >= 0.3 is 5.97 Å². The van der Waals surface area contributed by atoms with E-state index in [0.29, 0.717) is 18.8 Å². The fourth-order valence-corrected chi connectivity index (χ4v) is 2.98. The van der Waals surface area contributed by atoms with Gasteiger partial charge in [-0.1, -0.05) is 0 Å². The molecule has 1 saturated heterocycles. The van der Waals surface area contributed by atoms with Crippen molar-refractivity contribution in [3.8, 4) is 11.4 Å². The number of likely N-dealkylation sites (tertiary alicyclic amines) is 1. The van der Waals surface area contributed by atoms with Crippen LogP contribution >= 0.6 is 0 Å². The fourth-order valence-electron chi connectivity index (χ4n) is 2.98. The van der Waals surface area contributed by atoms with Crippen molar-refractivity contribution in [2.24, 2.45) is 0 Å². The monoisotopic (exact) mass is 317 g/mol. The van der Waals surface area contributed by atoms with Gasteiger partial charge in [-0.2, -0.15) is 5.10 Å². The number of hydrogen-bond donors (Lipinski definition) is 2. The van der Waals surface area contributed by atoms with Crippen molar-refractivity contribution in [1.82, 2.24) is 14.7 Å². The van der Waals surface area contributed by atoms with E-state index in [1.807, 2.05) is 30.5 Å². The van der Waals surface area contributed by atoms with Gasteiger partial charge in [0.05, 0.1) is 18.9 Å². The lowest BCUT2D eigenvalue weighted by Crippen LogP contribution is -2.35. The molecule has 0 amide bonds. The van der Waals surface area contributed by atoms with Crippen LogP contribution in [0.3, 0.4) is 0 Å². The highest BCUT2D eigenvalue weighted by Gasteiger charge is 2.36. The van der Waals surface area contributed by atoms with Crippen molar-refractivity contribution in [2.45, 2.75) is 25.1 Å². The quantitative estimate of drug-likeness (QED) is 0.852. The highest BCUT2D eigenvalue weighted by atomic mass is 16.5. The Balaban J connectivity index is 1.89. The fraction of sp³-hybridized carbons (Fsp3) is 0.375. The number of aromatic nitrogens is 2. The molecule has 0 aliphatic carbocycles. The number of carboxylic acid groups (broad SMARTS) is 1. The third kappa shape index (κ3) is 3.20. The number of aliphatic hydroxyl groups excluding tert-OH is 1. The van der Waals surface area contributed by atoms with Gasteiger partial charge in [-0.3, -0.25) is 9.69 Å². The summed E-state index contributed by atoms with van der Waals surface area (Å²) in [5.74, 6) is -0.227. The predicted octanol–water partition coefficient (Wildman–Crippen LogP) is 0.901. The van der Waals surface area contributed by atoms with Crippen LogP contribution in [-0.2, 0) is 11.3 Å². The molecular weight excluding hydrogens is 298 g/mol. The number of carboxylic acids is 1. The molecule has 1 aliphatic heterocycles. The van der Waals surface area contributed by atoms with E-state index in [-0.39, 0.29) is 6.42 Å². The van der Waals surface area contributed by atoms with Gasteiger partial charge in [0, 0.05) is 37.5 Å². The zero-order valence-electron chi connectivity index (χ0n) is 12.8. The molecule has 1 aromatic carbocycles. The second-order valence-corrected chi connectivity index (χ2v) is 5.62. The molecule has 1 fully saturated rings. The average molecular weight is 317 g/mol. The van der Waals surface area contributed by atoms with Crippen molar-refractivity contribution < 1.29 is 19.7 Å². The summed E-state index contributed by atoms with van der Waals surface area (Å²) in [5, 5.41) is 23.3. The SMILES string of the molecule is COc1ccc(-n2cccn2)cc1CN1C[C@H](O)C[C@H]1C(=O)O. The molecule has 0 unspecified atom stereocenters. The van der Waals surface area contributed by atoms with Crippen molar-refractivity contribution in [1.29, 1.82) is 0 Å². The van der Waals surface area contributed by atoms with Crippen molar-refractivity contribution in [3.05, 3.63) is 42.2 Å². The van der Waals surface area contributed by atoms with E-state index in [1.54, 1.807) is 22.9 Å². The van der Waals surface area contributed by atoms with Gasteiger partial charge in [0.1, 0.15) is 11.8 Å². The Morgan fingerprint density at radius 1 is 1.48 bits per heavy atom. The smallest absolute Gasteiger partial charge is 0.321 e. The normalized spacial score (nSPS) is 21.5. The first-order chi connectivity index (χ1) is 11.1. The van der Waals surface area contributed by atoms with E-state index in [0.717, 1.165) is 11.3 Å². The summed E-state index contributed by atoms with van der Waals surface area (Å²) in [6.07, 6.45) is 3.17. The zero-order chi connectivity index (χ0) is 16.4. The van der Waals surface area contributed by atoms with Crippen LogP contribution < -0.4 is 4.74 Å². The summed E-state index contributed by atoms with van der Waals surface area (Å²) in [4.78, 5) is 13.1. The zero-order valence-corrected chi connectivity index (χ0v) is 12.8. The standard InChI is InChI=1S/C16H19N3O4/c1-23-15-4-3-12(19-6-2-5-17-19)7-11(15)9-18-10-13(20)8-14(18)16(21)22/h2-7,13-14,20H,8-10H2,1H3,(H,21,22)/t13-,14+/m1/s1. The minimum Gasteiger partial charge on any atom is -0.496 e. The lowest BCUT2D eigenvalue weighted by molar-refractivity contribution is -0.142. The number of β-amino-alcohol motifs (C(OH)–C–C–N with tert-alkyl or cyclic N) is 1. The molecular formula is C16H19N3O4. The van der Waals surface area contributed by atoms with Crippen LogP contribution in [0.15, 0.2) is 36.7 Å². The molecule has 0 spiro atoms. The Hall–Kier alpha value is -2.38. The van der Waals surface area contributed by atoms with E-state index in [9.17, 15) is 15.0 Å². The maximum Gasteiger partial charge on any atom is 0.321 e. The number of aliphatic hydroxyl groups is 1. The third-order valence-electron chi connectivity index (χ3n) is 4.07. The van der Waals surface area contributed by atoms with E-state index in [4.69, 9.17) is 4.74 Å². The molecule has 1 aliphatic rings. The lowest BCUT2D eigenvalue weighted by atomic mass is 10.1. The number of ether oxygens (including phenoxy) is 1. The number of rotatable bonds is 5. The van der Waals surface area contributed by atoms with Crippen molar-refractivity contribution in [2.75, 3.05) is 13.7 Å². The molecule has 2 atom stereocenters. The number of methoxy groups -OCH3 is 1. The second kappa shape index (κ2) is 6.39. The highest BCUT2D eigenvalue weighted by molar-refractivity contribution is 5.74. The molecule has 7 heteroatoms. The van der Waals surface area contributed by atoms with Gasteiger partial charge in [0.2, 0.25) is 0 Å². The largest absolute Gasteiger partial charge is 0.496 e. The number of benzene rings is 1. The van der Waals surface area contributed by atoms with Crippen LogP contribution in [0.1, 0.15) is 12.0 Å². The summed E-state index contributed by atoms with van der Waals surface area (Å²) in [7, 11) is 1.58.